The summed E-state index contributed by atoms with van der Waals surface area (Å²) >= 11 is 4.06. The number of rotatable bonds is 4. The third-order valence-corrected chi connectivity index (χ3v) is 2.73. The molecule has 0 spiro atoms. The molecule has 0 aliphatic carbocycles. The summed E-state index contributed by atoms with van der Waals surface area (Å²) < 4.78 is 0. The molecule has 0 aromatic heterocycles. The summed E-state index contributed by atoms with van der Waals surface area (Å²) in [7, 11) is 1.31. The Hall–Kier alpha value is -0.650. The Morgan fingerprint density at radius 2 is 2.36 bits per heavy atom. The van der Waals surface area contributed by atoms with Gasteiger partial charge in [0.25, 0.3) is 5.91 Å². The molecule has 1 aromatic rings. The zero-order valence-electron chi connectivity index (χ0n) is 7.56. The van der Waals surface area contributed by atoms with Gasteiger partial charge >= 0.3 is 0 Å². The molecule has 0 unspecified atom stereocenters. The van der Waals surface area contributed by atoms with Gasteiger partial charge < -0.3 is 11.1 Å². The van der Waals surface area contributed by atoms with Crippen molar-refractivity contribution in [3.8, 4) is 0 Å². The van der Waals surface area contributed by atoms with Crippen molar-refractivity contribution in [1.82, 2.24) is 5.32 Å². The van der Waals surface area contributed by atoms with E-state index in [2.05, 4.69) is 17.0 Å². The third-order valence-electron chi connectivity index (χ3n) is 1.63. The van der Waals surface area contributed by atoms with E-state index in [4.69, 9.17) is 5.73 Å². The van der Waals surface area contributed by atoms with Gasteiger partial charge in [0.05, 0.1) is 0 Å². The Morgan fingerprint density at radius 3 is 3.00 bits per heavy atom. The molecule has 0 aliphatic rings. The summed E-state index contributed by atoms with van der Waals surface area (Å²) in [6.45, 7) is 0.948. The van der Waals surface area contributed by atoms with Gasteiger partial charge in [0.1, 0.15) is 0 Å². The van der Waals surface area contributed by atoms with E-state index in [1.54, 1.807) is 12.1 Å². The highest BCUT2D eigenvalue weighted by molar-refractivity contribution is 8.68. The number of carbonyl (C=O) groups is 1. The standard InChI is InChI=1S/C9H12N2OS2/c10-4-5-11-9(12)7-2-1-3-8(6-7)14-13/h1-3,6,13H,4-5,10H2,(H,11,12). The van der Waals surface area contributed by atoms with Crippen LogP contribution in [-0.2, 0) is 0 Å². The van der Waals surface area contributed by atoms with Gasteiger partial charge in [-0.25, -0.2) is 0 Å². The first kappa shape index (κ1) is 11.4. The van der Waals surface area contributed by atoms with E-state index in [0.29, 0.717) is 18.7 Å². The zero-order valence-corrected chi connectivity index (χ0v) is 9.28. The summed E-state index contributed by atoms with van der Waals surface area (Å²) in [5, 5.41) is 2.70. The van der Waals surface area contributed by atoms with Gasteiger partial charge in [-0.15, -0.1) is 11.7 Å². The lowest BCUT2D eigenvalue weighted by Crippen LogP contribution is -2.28. The van der Waals surface area contributed by atoms with Crippen molar-refractivity contribution in [2.24, 2.45) is 5.73 Å². The molecule has 0 heterocycles. The van der Waals surface area contributed by atoms with E-state index in [1.165, 1.54) is 10.8 Å². The fraction of sp³-hybridized carbons (Fsp3) is 0.222. The summed E-state index contributed by atoms with van der Waals surface area (Å²) in [5.74, 6) is -0.0975. The SMILES string of the molecule is NCCNC(=O)c1cccc(SS)c1. The predicted molar refractivity (Wildman–Crippen MR) is 62.7 cm³/mol. The molecular weight excluding hydrogens is 216 g/mol. The maximum absolute atomic E-state index is 11.5. The normalized spacial score (nSPS) is 9.86. The van der Waals surface area contributed by atoms with E-state index in [9.17, 15) is 4.79 Å². The molecule has 0 aliphatic heterocycles. The van der Waals surface area contributed by atoms with E-state index >= 15 is 0 Å². The molecule has 0 fully saturated rings. The Labute approximate surface area is 92.3 Å². The summed E-state index contributed by atoms with van der Waals surface area (Å²) in [6.07, 6.45) is 0. The quantitative estimate of drug-likeness (QED) is 0.538. The second-order valence-corrected chi connectivity index (χ2v) is 3.87. The van der Waals surface area contributed by atoms with Crippen molar-refractivity contribution >= 4 is 28.4 Å². The lowest BCUT2D eigenvalue weighted by molar-refractivity contribution is 0.0954. The van der Waals surface area contributed by atoms with Crippen LogP contribution in [0.4, 0.5) is 0 Å². The molecule has 3 nitrogen and oxygen atoms in total. The van der Waals surface area contributed by atoms with Gasteiger partial charge in [-0.3, -0.25) is 4.79 Å². The van der Waals surface area contributed by atoms with Crippen molar-refractivity contribution in [3.63, 3.8) is 0 Å². The molecule has 3 N–H and O–H groups in total. The molecule has 1 aromatic carbocycles. The van der Waals surface area contributed by atoms with Crippen LogP contribution in [0.2, 0.25) is 0 Å². The molecule has 14 heavy (non-hydrogen) atoms. The fourth-order valence-electron chi connectivity index (χ4n) is 0.982. The number of nitrogens with one attached hydrogen (secondary N) is 1. The molecule has 0 saturated heterocycles. The Bertz CT molecular complexity index is 317. The Balaban J connectivity index is 2.69. The van der Waals surface area contributed by atoms with E-state index in [0.717, 1.165) is 4.90 Å². The van der Waals surface area contributed by atoms with Crippen molar-refractivity contribution < 1.29 is 4.79 Å². The second kappa shape index (κ2) is 5.95. The minimum Gasteiger partial charge on any atom is -0.351 e. The van der Waals surface area contributed by atoms with Gasteiger partial charge in [0.2, 0.25) is 0 Å². The number of benzene rings is 1. The van der Waals surface area contributed by atoms with E-state index in [1.807, 2.05) is 12.1 Å². The fourth-order valence-corrected chi connectivity index (χ4v) is 1.64. The van der Waals surface area contributed by atoms with Crippen molar-refractivity contribution in [1.29, 1.82) is 0 Å². The zero-order chi connectivity index (χ0) is 10.4. The van der Waals surface area contributed by atoms with Crippen LogP contribution in [0, 0.1) is 0 Å². The maximum Gasteiger partial charge on any atom is 0.251 e. The van der Waals surface area contributed by atoms with Crippen LogP contribution in [-0.4, -0.2) is 19.0 Å². The lowest BCUT2D eigenvalue weighted by atomic mass is 10.2. The number of amides is 1. The number of hydrogen-bond donors (Lipinski definition) is 3. The number of carbonyl (C=O) groups excluding carboxylic acids is 1. The highest BCUT2D eigenvalue weighted by Gasteiger charge is 2.04. The van der Waals surface area contributed by atoms with Crippen LogP contribution >= 0.6 is 22.5 Å². The number of hydrogen-bond acceptors (Lipinski definition) is 4. The molecule has 1 rings (SSSR count). The molecule has 1 amide bonds. The molecule has 76 valence electrons. The lowest BCUT2D eigenvalue weighted by Gasteiger charge is -2.04. The van der Waals surface area contributed by atoms with Gasteiger partial charge in [-0.2, -0.15) is 0 Å². The molecule has 0 radical (unpaired) electrons. The summed E-state index contributed by atoms with van der Waals surface area (Å²) in [4.78, 5) is 12.4. The average molecular weight is 228 g/mol. The summed E-state index contributed by atoms with van der Waals surface area (Å²) in [6, 6.07) is 7.29. The van der Waals surface area contributed by atoms with Gasteiger partial charge in [-0.05, 0) is 18.2 Å². The smallest absolute Gasteiger partial charge is 0.251 e. The van der Waals surface area contributed by atoms with E-state index in [-0.39, 0.29) is 5.91 Å². The molecule has 0 atom stereocenters. The number of nitrogens with two attached hydrogens (primary N) is 1. The molecular formula is C9H12N2OS2. The van der Waals surface area contributed by atoms with Gasteiger partial charge in [0, 0.05) is 23.5 Å². The predicted octanol–water partition coefficient (Wildman–Crippen LogP) is 1.31. The van der Waals surface area contributed by atoms with Gasteiger partial charge in [0.15, 0.2) is 0 Å². The Kier molecular flexibility index (Phi) is 4.86. The van der Waals surface area contributed by atoms with Crippen LogP contribution in [0.5, 0.6) is 0 Å². The van der Waals surface area contributed by atoms with Crippen molar-refractivity contribution in [2.75, 3.05) is 13.1 Å². The Morgan fingerprint density at radius 1 is 1.57 bits per heavy atom. The average Bonchev–Trinajstić information content (AvgIpc) is 2.26. The van der Waals surface area contributed by atoms with Crippen molar-refractivity contribution in [3.05, 3.63) is 29.8 Å². The minimum absolute atomic E-state index is 0.0975. The second-order valence-electron chi connectivity index (χ2n) is 2.66. The highest BCUT2D eigenvalue weighted by atomic mass is 33.1. The van der Waals surface area contributed by atoms with Crippen LogP contribution in [0.1, 0.15) is 10.4 Å². The first-order valence-electron chi connectivity index (χ1n) is 4.17. The maximum atomic E-state index is 11.5. The molecule has 0 bridgehead atoms. The topological polar surface area (TPSA) is 55.1 Å². The van der Waals surface area contributed by atoms with Gasteiger partial charge in [-0.1, -0.05) is 16.9 Å². The third kappa shape index (κ3) is 3.25. The number of thiol groups is 1. The van der Waals surface area contributed by atoms with E-state index < -0.39 is 0 Å². The minimum atomic E-state index is -0.0975. The first-order chi connectivity index (χ1) is 6.77. The van der Waals surface area contributed by atoms with Crippen LogP contribution in [0.25, 0.3) is 0 Å². The summed E-state index contributed by atoms with van der Waals surface area (Å²) in [5.41, 5.74) is 5.92. The largest absolute Gasteiger partial charge is 0.351 e. The van der Waals surface area contributed by atoms with Crippen LogP contribution in [0.15, 0.2) is 29.2 Å². The molecule has 5 heteroatoms. The first-order valence-corrected chi connectivity index (χ1v) is 6.04. The van der Waals surface area contributed by atoms with Crippen molar-refractivity contribution in [2.45, 2.75) is 4.90 Å². The van der Waals surface area contributed by atoms with Crippen LogP contribution in [0.3, 0.4) is 0 Å². The van der Waals surface area contributed by atoms with Crippen LogP contribution < -0.4 is 11.1 Å². The highest BCUT2D eigenvalue weighted by Crippen LogP contribution is 2.21. The monoisotopic (exact) mass is 228 g/mol. The molecule has 0 saturated carbocycles.